The molecule has 2 aromatic heterocycles. The molecule has 8 heteroatoms. The van der Waals surface area contributed by atoms with Crippen LogP contribution in [0.1, 0.15) is 44.7 Å². The lowest BCUT2D eigenvalue weighted by molar-refractivity contribution is 0.0591. The number of rotatable bonds is 3. The summed E-state index contributed by atoms with van der Waals surface area (Å²) < 4.78 is 7.92. The Morgan fingerprint density at radius 2 is 2.00 bits per heavy atom. The smallest absolute Gasteiger partial charge is 0.358 e. The zero-order valence-electron chi connectivity index (χ0n) is 15.4. The van der Waals surface area contributed by atoms with Crippen molar-refractivity contribution in [2.45, 2.75) is 33.4 Å². The van der Waals surface area contributed by atoms with E-state index in [1.165, 1.54) is 7.11 Å². The van der Waals surface area contributed by atoms with E-state index in [-0.39, 0.29) is 22.7 Å². The summed E-state index contributed by atoms with van der Waals surface area (Å²) in [5.74, 6) is -0.812. The van der Waals surface area contributed by atoms with Gasteiger partial charge < -0.3 is 14.2 Å². The quantitative estimate of drug-likeness (QED) is 0.761. The van der Waals surface area contributed by atoms with Crippen molar-refractivity contribution in [3.05, 3.63) is 50.7 Å². The summed E-state index contributed by atoms with van der Waals surface area (Å²) in [6, 6.07) is 3.30. The van der Waals surface area contributed by atoms with Crippen molar-refractivity contribution in [1.82, 2.24) is 19.2 Å². The van der Waals surface area contributed by atoms with Crippen LogP contribution in [0.5, 0.6) is 0 Å². The van der Waals surface area contributed by atoms with Crippen LogP contribution >= 0.6 is 0 Å². The molecule has 0 N–H and O–H groups in total. The van der Waals surface area contributed by atoms with Crippen molar-refractivity contribution >= 4 is 11.9 Å². The minimum atomic E-state index is -0.510. The second-order valence-corrected chi connectivity index (χ2v) is 6.37. The van der Waals surface area contributed by atoms with Crippen molar-refractivity contribution in [2.24, 2.45) is 7.05 Å². The van der Waals surface area contributed by atoms with Gasteiger partial charge in [-0.15, -0.1) is 0 Å². The number of hydrogen-bond acceptors (Lipinski definition) is 5. The van der Waals surface area contributed by atoms with Gasteiger partial charge in [0.1, 0.15) is 5.56 Å². The molecule has 0 bridgehead atoms. The highest BCUT2D eigenvalue weighted by molar-refractivity contribution is 5.94. The molecule has 1 amide bonds. The maximum atomic E-state index is 12.9. The molecule has 1 aliphatic heterocycles. The SMILES string of the molecule is CCc1c(C)cc(C(=O)N2CCn3nc(C(=O)OC)cc3C2)c(=O)n1C. The largest absolute Gasteiger partial charge is 0.464 e. The number of hydrogen-bond donors (Lipinski definition) is 0. The number of carbonyl (C=O) groups excluding carboxylic acids is 2. The fraction of sp³-hybridized carbons (Fsp3) is 0.444. The summed E-state index contributed by atoms with van der Waals surface area (Å²) in [6.45, 7) is 5.06. The molecule has 0 saturated heterocycles. The highest BCUT2D eigenvalue weighted by Gasteiger charge is 2.27. The van der Waals surface area contributed by atoms with E-state index in [1.807, 2.05) is 13.8 Å². The molecule has 1 aliphatic rings. The van der Waals surface area contributed by atoms with Gasteiger partial charge in [0.2, 0.25) is 0 Å². The first kappa shape index (κ1) is 17.9. The fourth-order valence-electron chi connectivity index (χ4n) is 3.41. The van der Waals surface area contributed by atoms with E-state index in [0.29, 0.717) is 19.6 Å². The van der Waals surface area contributed by atoms with Crippen LogP contribution in [0, 0.1) is 6.92 Å². The number of esters is 1. The monoisotopic (exact) mass is 358 g/mol. The number of nitrogens with zero attached hydrogens (tertiary/aromatic N) is 4. The number of ether oxygens (including phenoxy) is 1. The van der Waals surface area contributed by atoms with E-state index in [9.17, 15) is 14.4 Å². The predicted octanol–water partition coefficient (Wildman–Crippen LogP) is 0.895. The molecule has 3 rings (SSSR count). The van der Waals surface area contributed by atoms with Crippen molar-refractivity contribution in [2.75, 3.05) is 13.7 Å². The van der Waals surface area contributed by atoms with Gasteiger partial charge >= 0.3 is 5.97 Å². The third-order valence-corrected chi connectivity index (χ3v) is 4.80. The molecule has 2 aromatic rings. The molecule has 0 fully saturated rings. The van der Waals surface area contributed by atoms with Crippen LogP contribution in [0.2, 0.25) is 0 Å². The van der Waals surface area contributed by atoms with Crippen molar-refractivity contribution in [3.63, 3.8) is 0 Å². The first-order valence-corrected chi connectivity index (χ1v) is 8.51. The molecule has 0 atom stereocenters. The van der Waals surface area contributed by atoms with E-state index in [0.717, 1.165) is 23.4 Å². The number of aromatic nitrogens is 3. The summed E-state index contributed by atoms with van der Waals surface area (Å²) >= 11 is 0. The summed E-state index contributed by atoms with van der Waals surface area (Å²) in [6.07, 6.45) is 0.727. The Labute approximate surface area is 151 Å². The Balaban J connectivity index is 1.90. The second-order valence-electron chi connectivity index (χ2n) is 6.37. The van der Waals surface area contributed by atoms with E-state index in [1.54, 1.807) is 33.3 Å². The zero-order chi connectivity index (χ0) is 19.0. The molecule has 0 spiro atoms. The Kier molecular flexibility index (Phi) is 4.67. The van der Waals surface area contributed by atoms with Gasteiger partial charge in [-0.25, -0.2) is 4.79 Å². The zero-order valence-corrected chi connectivity index (χ0v) is 15.4. The number of amides is 1. The van der Waals surface area contributed by atoms with E-state index in [4.69, 9.17) is 0 Å². The third-order valence-electron chi connectivity index (χ3n) is 4.80. The molecule has 3 heterocycles. The van der Waals surface area contributed by atoms with Crippen LogP contribution in [-0.2, 0) is 31.3 Å². The van der Waals surface area contributed by atoms with Gasteiger partial charge in [-0.05, 0) is 31.0 Å². The fourth-order valence-corrected chi connectivity index (χ4v) is 3.41. The van der Waals surface area contributed by atoms with Crippen LogP contribution in [0.25, 0.3) is 0 Å². The Bertz CT molecular complexity index is 941. The van der Waals surface area contributed by atoms with Crippen molar-refractivity contribution in [1.29, 1.82) is 0 Å². The van der Waals surface area contributed by atoms with Crippen LogP contribution in [-0.4, -0.2) is 44.8 Å². The Morgan fingerprint density at radius 3 is 2.65 bits per heavy atom. The normalized spacial score (nSPS) is 13.5. The van der Waals surface area contributed by atoms with E-state index in [2.05, 4.69) is 9.84 Å². The molecule has 0 radical (unpaired) electrons. The Morgan fingerprint density at radius 1 is 1.27 bits per heavy atom. The summed E-state index contributed by atoms with van der Waals surface area (Å²) in [5, 5.41) is 4.19. The predicted molar refractivity (Wildman–Crippen MR) is 94.1 cm³/mol. The minimum Gasteiger partial charge on any atom is -0.464 e. The molecule has 0 aromatic carbocycles. The molecule has 0 saturated carbocycles. The average Bonchev–Trinajstić information content (AvgIpc) is 3.07. The summed E-state index contributed by atoms with van der Waals surface area (Å²) in [7, 11) is 2.99. The van der Waals surface area contributed by atoms with Crippen molar-refractivity contribution in [3.8, 4) is 0 Å². The minimum absolute atomic E-state index is 0.170. The number of carbonyl (C=O) groups is 2. The van der Waals surface area contributed by atoms with Gasteiger partial charge in [0.25, 0.3) is 11.5 Å². The first-order valence-electron chi connectivity index (χ1n) is 8.51. The molecule has 0 unspecified atom stereocenters. The van der Waals surface area contributed by atoms with Gasteiger partial charge in [-0.3, -0.25) is 14.3 Å². The molecule has 138 valence electrons. The lowest BCUT2D eigenvalue weighted by Gasteiger charge is -2.28. The third kappa shape index (κ3) is 2.91. The maximum absolute atomic E-state index is 12.9. The lowest BCUT2D eigenvalue weighted by Crippen LogP contribution is -2.41. The summed E-state index contributed by atoms with van der Waals surface area (Å²) in [4.78, 5) is 38.8. The van der Waals surface area contributed by atoms with Crippen LogP contribution < -0.4 is 5.56 Å². The number of pyridine rings is 1. The molecular formula is C18H22N4O4. The van der Waals surface area contributed by atoms with E-state index < -0.39 is 5.97 Å². The highest BCUT2D eigenvalue weighted by Crippen LogP contribution is 2.17. The van der Waals surface area contributed by atoms with Gasteiger partial charge in [0.15, 0.2) is 5.69 Å². The molecular weight excluding hydrogens is 336 g/mol. The Hall–Kier alpha value is -2.90. The number of fused-ring (bicyclic) bond motifs is 1. The average molecular weight is 358 g/mol. The number of aryl methyl sites for hydroxylation is 1. The second kappa shape index (κ2) is 6.78. The van der Waals surface area contributed by atoms with Crippen LogP contribution in [0.3, 0.4) is 0 Å². The van der Waals surface area contributed by atoms with Crippen LogP contribution in [0.4, 0.5) is 0 Å². The lowest BCUT2D eigenvalue weighted by atomic mass is 10.1. The number of methoxy groups -OCH3 is 1. The first-order chi connectivity index (χ1) is 12.4. The standard InChI is InChI=1S/C18H22N4O4/c1-5-15-11(2)8-13(16(23)20(15)3)17(24)21-6-7-22-12(10-21)9-14(19-22)18(25)26-4/h8-9H,5-7,10H2,1-4H3. The van der Waals surface area contributed by atoms with Crippen molar-refractivity contribution < 1.29 is 14.3 Å². The van der Waals surface area contributed by atoms with Gasteiger partial charge in [0.05, 0.1) is 25.9 Å². The van der Waals surface area contributed by atoms with Gasteiger partial charge in [-0.2, -0.15) is 5.10 Å². The molecule has 8 nitrogen and oxygen atoms in total. The van der Waals surface area contributed by atoms with Gasteiger partial charge in [0, 0.05) is 19.3 Å². The highest BCUT2D eigenvalue weighted by atomic mass is 16.5. The molecule has 26 heavy (non-hydrogen) atoms. The summed E-state index contributed by atoms with van der Waals surface area (Å²) in [5.41, 5.74) is 2.69. The maximum Gasteiger partial charge on any atom is 0.358 e. The van der Waals surface area contributed by atoms with E-state index >= 15 is 0 Å². The molecule has 0 aliphatic carbocycles. The topological polar surface area (TPSA) is 86.4 Å². The van der Waals surface area contributed by atoms with Crippen LogP contribution in [0.15, 0.2) is 16.9 Å². The van der Waals surface area contributed by atoms with Gasteiger partial charge in [-0.1, -0.05) is 6.92 Å².